The van der Waals surface area contributed by atoms with E-state index in [4.69, 9.17) is 4.74 Å². The lowest BCUT2D eigenvalue weighted by Gasteiger charge is -2.30. The molecule has 9 nitrogen and oxygen atoms in total. The highest BCUT2D eigenvalue weighted by Crippen LogP contribution is 2.26. The largest absolute Gasteiger partial charge is 0.378 e. The van der Waals surface area contributed by atoms with Gasteiger partial charge >= 0.3 is 0 Å². The Balaban J connectivity index is 1.65. The number of nitro groups is 1. The molecule has 0 bridgehead atoms. The third-order valence-electron chi connectivity index (χ3n) is 4.53. The summed E-state index contributed by atoms with van der Waals surface area (Å²) >= 11 is 0. The number of anilines is 1. The maximum absolute atomic E-state index is 12.7. The van der Waals surface area contributed by atoms with Gasteiger partial charge in [0.15, 0.2) is 0 Å². The van der Waals surface area contributed by atoms with Crippen molar-refractivity contribution in [3.8, 4) is 0 Å². The number of hydrogen-bond donors (Lipinski definition) is 2. The van der Waals surface area contributed by atoms with Crippen molar-refractivity contribution < 1.29 is 19.2 Å². The lowest BCUT2D eigenvalue weighted by atomic mass is 10.1. The van der Waals surface area contributed by atoms with Gasteiger partial charge in [0.2, 0.25) is 5.91 Å². The molecule has 2 aromatic rings. The Labute approximate surface area is 167 Å². The number of carbonyl (C=O) groups excluding carboxylic acids is 2. The van der Waals surface area contributed by atoms with E-state index >= 15 is 0 Å². The minimum atomic E-state index is -0.549. The van der Waals surface area contributed by atoms with Crippen LogP contribution in [-0.2, 0) is 16.1 Å². The Hall–Kier alpha value is -3.46. The normalized spacial score (nSPS) is 13.6. The fraction of sp³-hybridized carbons (Fsp3) is 0.300. The zero-order chi connectivity index (χ0) is 20.6. The highest BCUT2D eigenvalue weighted by molar-refractivity contribution is 6.02. The average Bonchev–Trinajstić information content (AvgIpc) is 2.77. The number of morpholine rings is 1. The molecule has 1 aliphatic heterocycles. The van der Waals surface area contributed by atoms with E-state index in [0.29, 0.717) is 38.5 Å². The highest BCUT2D eigenvalue weighted by atomic mass is 16.6. The molecule has 2 aromatic carbocycles. The monoisotopic (exact) mass is 398 g/mol. The summed E-state index contributed by atoms with van der Waals surface area (Å²) in [5.74, 6) is -0.884. The number of hydrogen-bond acceptors (Lipinski definition) is 6. The van der Waals surface area contributed by atoms with Crippen molar-refractivity contribution in [2.75, 3.05) is 37.7 Å². The number of amides is 2. The van der Waals surface area contributed by atoms with Crippen LogP contribution in [0.2, 0.25) is 0 Å². The molecule has 1 fully saturated rings. The molecular weight excluding hydrogens is 376 g/mol. The summed E-state index contributed by atoms with van der Waals surface area (Å²) in [7, 11) is 0. The summed E-state index contributed by atoms with van der Waals surface area (Å²) < 4.78 is 5.32. The predicted octanol–water partition coefficient (Wildman–Crippen LogP) is 1.48. The summed E-state index contributed by atoms with van der Waals surface area (Å²) in [4.78, 5) is 37.3. The molecule has 0 spiro atoms. The minimum absolute atomic E-state index is 0.164. The maximum atomic E-state index is 12.7. The van der Waals surface area contributed by atoms with Crippen LogP contribution in [0.1, 0.15) is 15.9 Å². The van der Waals surface area contributed by atoms with Crippen molar-refractivity contribution in [2.24, 2.45) is 0 Å². The van der Waals surface area contributed by atoms with Gasteiger partial charge in [-0.1, -0.05) is 30.3 Å². The first-order valence-corrected chi connectivity index (χ1v) is 9.24. The molecule has 0 unspecified atom stereocenters. The van der Waals surface area contributed by atoms with Crippen LogP contribution in [0.15, 0.2) is 48.5 Å². The van der Waals surface area contributed by atoms with Crippen molar-refractivity contribution in [3.05, 3.63) is 69.8 Å². The van der Waals surface area contributed by atoms with E-state index < -0.39 is 10.8 Å². The number of rotatable bonds is 7. The Morgan fingerprint density at radius 2 is 1.79 bits per heavy atom. The quantitative estimate of drug-likeness (QED) is 0.539. The van der Waals surface area contributed by atoms with E-state index in [1.54, 1.807) is 6.07 Å². The molecule has 0 atom stereocenters. The summed E-state index contributed by atoms with van der Waals surface area (Å²) in [6.45, 7) is 2.31. The third kappa shape index (κ3) is 5.52. The van der Waals surface area contributed by atoms with Crippen molar-refractivity contribution >= 4 is 23.2 Å². The maximum Gasteiger partial charge on any atom is 0.270 e. The van der Waals surface area contributed by atoms with Crippen LogP contribution in [0.25, 0.3) is 0 Å². The zero-order valence-corrected chi connectivity index (χ0v) is 15.8. The van der Waals surface area contributed by atoms with Gasteiger partial charge < -0.3 is 20.3 Å². The SMILES string of the molecule is O=C(CNC(=O)c1cc([N+](=O)[O-])ccc1N1CCOCC1)NCc1ccccc1. The number of non-ortho nitro benzene ring substituents is 1. The van der Waals surface area contributed by atoms with Gasteiger partial charge in [0.05, 0.1) is 35.9 Å². The first kappa shape index (κ1) is 20.3. The van der Waals surface area contributed by atoms with Gasteiger partial charge in [-0.25, -0.2) is 0 Å². The molecule has 0 saturated carbocycles. The molecule has 1 heterocycles. The molecule has 0 radical (unpaired) electrons. The van der Waals surface area contributed by atoms with E-state index in [0.717, 1.165) is 5.56 Å². The molecule has 29 heavy (non-hydrogen) atoms. The van der Waals surface area contributed by atoms with E-state index in [9.17, 15) is 19.7 Å². The fourth-order valence-corrected chi connectivity index (χ4v) is 3.01. The summed E-state index contributed by atoms with van der Waals surface area (Å²) in [6.07, 6.45) is 0. The Morgan fingerprint density at radius 1 is 1.07 bits per heavy atom. The number of nitro benzene ring substituents is 1. The van der Waals surface area contributed by atoms with E-state index in [1.807, 2.05) is 35.2 Å². The van der Waals surface area contributed by atoms with Crippen LogP contribution >= 0.6 is 0 Å². The number of carbonyl (C=O) groups is 2. The Kier molecular flexibility index (Phi) is 6.75. The number of nitrogens with one attached hydrogen (secondary N) is 2. The lowest BCUT2D eigenvalue weighted by Crippen LogP contribution is -2.39. The Bertz CT molecular complexity index is 882. The standard InChI is InChI=1S/C20H22N4O5/c25-19(21-13-15-4-2-1-3-5-15)14-22-20(26)17-12-16(24(27)28)6-7-18(17)23-8-10-29-11-9-23/h1-7,12H,8-11,13-14H2,(H,21,25)(H,22,26). The number of benzene rings is 2. The highest BCUT2D eigenvalue weighted by Gasteiger charge is 2.22. The van der Waals surface area contributed by atoms with Crippen LogP contribution in [0.5, 0.6) is 0 Å². The number of nitrogens with zero attached hydrogens (tertiary/aromatic N) is 2. The molecule has 0 aromatic heterocycles. The van der Waals surface area contributed by atoms with Gasteiger partial charge in [0, 0.05) is 31.8 Å². The van der Waals surface area contributed by atoms with Gasteiger partial charge in [0.25, 0.3) is 11.6 Å². The van der Waals surface area contributed by atoms with Crippen LogP contribution in [0.4, 0.5) is 11.4 Å². The molecule has 2 N–H and O–H groups in total. The topological polar surface area (TPSA) is 114 Å². The first-order chi connectivity index (χ1) is 14.0. The van der Waals surface area contributed by atoms with Gasteiger partial charge in [-0.15, -0.1) is 0 Å². The van der Waals surface area contributed by atoms with Gasteiger partial charge in [0.1, 0.15) is 0 Å². The molecule has 9 heteroatoms. The van der Waals surface area contributed by atoms with Gasteiger partial charge in [-0.2, -0.15) is 0 Å². The van der Waals surface area contributed by atoms with Crippen molar-refractivity contribution in [1.29, 1.82) is 0 Å². The van der Waals surface area contributed by atoms with E-state index in [2.05, 4.69) is 10.6 Å². The first-order valence-electron chi connectivity index (χ1n) is 9.24. The van der Waals surface area contributed by atoms with Crippen LogP contribution in [-0.4, -0.2) is 49.6 Å². The molecular formula is C20H22N4O5. The van der Waals surface area contributed by atoms with Gasteiger partial charge in [-0.05, 0) is 11.6 Å². The van der Waals surface area contributed by atoms with E-state index in [-0.39, 0.29) is 23.7 Å². The van der Waals surface area contributed by atoms with Crippen LogP contribution in [0.3, 0.4) is 0 Å². The Morgan fingerprint density at radius 3 is 2.48 bits per heavy atom. The second kappa shape index (κ2) is 9.65. The third-order valence-corrected chi connectivity index (χ3v) is 4.53. The molecule has 152 valence electrons. The minimum Gasteiger partial charge on any atom is -0.378 e. The zero-order valence-electron chi connectivity index (χ0n) is 15.8. The summed E-state index contributed by atoms with van der Waals surface area (Å²) in [6, 6.07) is 13.6. The summed E-state index contributed by atoms with van der Waals surface area (Å²) in [5.41, 5.74) is 1.51. The summed E-state index contributed by atoms with van der Waals surface area (Å²) in [5, 5.41) is 16.4. The lowest BCUT2D eigenvalue weighted by molar-refractivity contribution is -0.384. The smallest absolute Gasteiger partial charge is 0.270 e. The van der Waals surface area contributed by atoms with Crippen molar-refractivity contribution in [2.45, 2.75) is 6.54 Å². The molecule has 0 aliphatic carbocycles. The molecule has 1 aliphatic rings. The van der Waals surface area contributed by atoms with Crippen LogP contribution < -0.4 is 15.5 Å². The van der Waals surface area contributed by atoms with Crippen LogP contribution in [0, 0.1) is 10.1 Å². The second-order valence-corrected chi connectivity index (χ2v) is 6.50. The fourth-order valence-electron chi connectivity index (χ4n) is 3.01. The molecule has 3 rings (SSSR count). The second-order valence-electron chi connectivity index (χ2n) is 6.50. The van der Waals surface area contributed by atoms with Gasteiger partial charge in [-0.3, -0.25) is 19.7 Å². The molecule has 1 saturated heterocycles. The van der Waals surface area contributed by atoms with E-state index in [1.165, 1.54) is 12.1 Å². The van der Waals surface area contributed by atoms with Crippen molar-refractivity contribution in [1.82, 2.24) is 10.6 Å². The molecule has 2 amide bonds. The average molecular weight is 398 g/mol. The predicted molar refractivity (Wildman–Crippen MR) is 107 cm³/mol. The number of ether oxygens (including phenoxy) is 1. The van der Waals surface area contributed by atoms with Crippen molar-refractivity contribution in [3.63, 3.8) is 0 Å².